The van der Waals surface area contributed by atoms with Crippen molar-refractivity contribution in [3.63, 3.8) is 0 Å². The first kappa shape index (κ1) is 12.3. The van der Waals surface area contributed by atoms with E-state index >= 15 is 0 Å². The van der Waals surface area contributed by atoms with Crippen LogP contribution in [0.3, 0.4) is 0 Å². The summed E-state index contributed by atoms with van der Waals surface area (Å²) in [5.41, 5.74) is 0. The lowest BCUT2D eigenvalue weighted by Gasteiger charge is -2.37. The van der Waals surface area contributed by atoms with Crippen molar-refractivity contribution in [3.8, 4) is 6.07 Å². The molecule has 2 heterocycles. The summed E-state index contributed by atoms with van der Waals surface area (Å²) in [7, 11) is 0. The van der Waals surface area contributed by atoms with Crippen molar-refractivity contribution in [1.82, 2.24) is 15.1 Å². The van der Waals surface area contributed by atoms with Crippen LogP contribution in [0, 0.1) is 11.3 Å². The fraction of sp³-hybridized carbons (Fsp3) is 0.833. The zero-order valence-electron chi connectivity index (χ0n) is 10.4. The lowest BCUT2D eigenvalue weighted by atomic mass is 10.1. The smallest absolute Gasteiger partial charge is 0.239 e. The molecule has 0 radical (unpaired) electrons. The molecule has 1 N–H and O–H groups in total. The van der Waals surface area contributed by atoms with E-state index in [2.05, 4.69) is 11.4 Å². The molecule has 0 bridgehead atoms. The Hall–Kier alpha value is -1.12. The first-order valence-corrected chi connectivity index (χ1v) is 6.39. The standard InChI is InChI=1S/C12H20N4O/c1-10(12(17)15-5-2-3-6-15)16-7-4-14-9-11(16)8-13/h10-11,14H,2-7,9H2,1H3. The Morgan fingerprint density at radius 3 is 2.76 bits per heavy atom. The van der Waals surface area contributed by atoms with Crippen molar-refractivity contribution >= 4 is 5.91 Å². The summed E-state index contributed by atoms with van der Waals surface area (Å²) in [6.45, 7) is 5.98. The summed E-state index contributed by atoms with van der Waals surface area (Å²) < 4.78 is 0. The largest absolute Gasteiger partial charge is 0.341 e. The predicted molar refractivity (Wildman–Crippen MR) is 64.3 cm³/mol. The molecule has 5 nitrogen and oxygen atoms in total. The molecule has 0 aromatic heterocycles. The molecule has 0 saturated carbocycles. The molecular formula is C12H20N4O. The molecule has 0 spiro atoms. The molecule has 17 heavy (non-hydrogen) atoms. The second-order valence-corrected chi connectivity index (χ2v) is 4.80. The first-order chi connectivity index (χ1) is 8.24. The Morgan fingerprint density at radius 1 is 1.41 bits per heavy atom. The normalized spacial score (nSPS) is 27.8. The van der Waals surface area contributed by atoms with Gasteiger partial charge in [-0.15, -0.1) is 0 Å². The van der Waals surface area contributed by atoms with E-state index in [9.17, 15) is 4.79 Å². The fourth-order valence-corrected chi connectivity index (χ4v) is 2.65. The second kappa shape index (κ2) is 5.48. The third kappa shape index (κ3) is 2.59. The highest BCUT2D eigenvalue weighted by molar-refractivity contribution is 5.81. The maximum Gasteiger partial charge on any atom is 0.239 e. The van der Waals surface area contributed by atoms with Gasteiger partial charge >= 0.3 is 0 Å². The van der Waals surface area contributed by atoms with E-state index in [1.807, 2.05) is 16.7 Å². The van der Waals surface area contributed by atoms with Gasteiger partial charge in [0.1, 0.15) is 6.04 Å². The Morgan fingerprint density at radius 2 is 2.12 bits per heavy atom. The minimum Gasteiger partial charge on any atom is -0.341 e. The number of hydrogen-bond acceptors (Lipinski definition) is 4. The van der Waals surface area contributed by atoms with Crippen molar-refractivity contribution in [2.45, 2.75) is 31.8 Å². The molecule has 5 heteroatoms. The van der Waals surface area contributed by atoms with Gasteiger partial charge in [0.25, 0.3) is 0 Å². The molecule has 94 valence electrons. The van der Waals surface area contributed by atoms with Gasteiger partial charge in [-0.25, -0.2) is 0 Å². The Bertz CT molecular complexity index is 319. The van der Waals surface area contributed by atoms with Gasteiger partial charge in [0.2, 0.25) is 5.91 Å². The van der Waals surface area contributed by atoms with Gasteiger partial charge < -0.3 is 10.2 Å². The molecule has 0 aromatic rings. The molecule has 2 fully saturated rings. The molecule has 0 aromatic carbocycles. The van der Waals surface area contributed by atoms with Crippen LogP contribution in [0.1, 0.15) is 19.8 Å². The lowest BCUT2D eigenvalue weighted by Crippen LogP contribution is -2.57. The van der Waals surface area contributed by atoms with Crippen LogP contribution in [-0.2, 0) is 4.79 Å². The number of rotatable bonds is 2. The van der Waals surface area contributed by atoms with Crippen LogP contribution in [0.15, 0.2) is 0 Å². The summed E-state index contributed by atoms with van der Waals surface area (Å²) in [6.07, 6.45) is 2.23. The highest BCUT2D eigenvalue weighted by Crippen LogP contribution is 2.14. The third-order valence-electron chi connectivity index (χ3n) is 3.71. The van der Waals surface area contributed by atoms with Gasteiger partial charge in [-0.2, -0.15) is 5.26 Å². The number of amides is 1. The van der Waals surface area contributed by atoms with Crippen molar-refractivity contribution in [2.75, 3.05) is 32.7 Å². The maximum absolute atomic E-state index is 12.3. The summed E-state index contributed by atoms with van der Waals surface area (Å²) in [5, 5.41) is 12.3. The molecule has 2 saturated heterocycles. The number of likely N-dealkylation sites (tertiary alicyclic amines) is 1. The van der Waals surface area contributed by atoms with Crippen LogP contribution >= 0.6 is 0 Å². The van der Waals surface area contributed by atoms with E-state index in [1.54, 1.807) is 0 Å². The van der Waals surface area contributed by atoms with E-state index in [1.165, 1.54) is 0 Å². The topological polar surface area (TPSA) is 59.4 Å². The van der Waals surface area contributed by atoms with Crippen molar-refractivity contribution in [1.29, 1.82) is 5.26 Å². The van der Waals surface area contributed by atoms with Gasteiger partial charge in [-0.3, -0.25) is 9.69 Å². The minimum atomic E-state index is -0.176. The number of nitrogens with zero attached hydrogens (tertiary/aromatic N) is 3. The molecule has 0 aliphatic carbocycles. The maximum atomic E-state index is 12.3. The Balaban J connectivity index is 1.99. The number of carbonyl (C=O) groups is 1. The number of nitriles is 1. The minimum absolute atomic E-state index is 0.167. The van der Waals surface area contributed by atoms with E-state index in [-0.39, 0.29) is 18.0 Å². The van der Waals surface area contributed by atoms with E-state index in [0.717, 1.165) is 39.0 Å². The molecule has 2 aliphatic rings. The second-order valence-electron chi connectivity index (χ2n) is 4.80. The summed E-state index contributed by atoms with van der Waals surface area (Å²) in [6, 6.07) is 1.93. The number of piperazine rings is 1. The highest BCUT2D eigenvalue weighted by atomic mass is 16.2. The first-order valence-electron chi connectivity index (χ1n) is 6.39. The Kier molecular flexibility index (Phi) is 3.97. The predicted octanol–water partition coefficient (Wildman–Crippen LogP) is -0.205. The zero-order chi connectivity index (χ0) is 12.3. The van der Waals surface area contributed by atoms with E-state index in [0.29, 0.717) is 6.54 Å². The van der Waals surface area contributed by atoms with Crippen molar-refractivity contribution in [2.24, 2.45) is 0 Å². The van der Waals surface area contributed by atoms with E-state index < -0.39 is 0 Å². The van der Waals surface area contributed by atoms with E-state index in [4.69, 9.17) is 5.26 Å². The van der Waals surface area contributed by atoms with Crippen LogP contribution < -0.4 is 5.32 Å². The molecule has 2 rings (SSSR count). The van der Waals surface area contributed by atoms with Crippen LogP contribution in [-0.4, -0.2) is 60.5 Å². The van der Waals surface area contributed by atoms with Gasteiger partial charge in [0.15, 0.2) is 0 Å². The van der Waals surface area contributed by atoms with Crippen LogP contribution in [0.5, 0.6) is 0 Å². The number of nitrogens with one attached hydrogen (secondary N) is 1. The van der Waals surface area contributed by atoms with Crippen LogP contribution in [0.2, 0.25) is 0 Å². The van der Waals surface area contributed by atoms with Crippen LogP contribution in [0.4, 0.5) is 0 Å². The zero-order valence-corrected chi connectivity index (χ0v) is 10.4. The number of hydrogen-bond donors (Lipinski definition) is 1. The average Bonchev–Trinajstić information content (AvgIpc) is 2.90. The monoisotopic (exact) mass is 236 g/mol. The molecule has 2 unspecified atom stereocenters. The van der Waals surface area contributed by atoms with Gasteiger partial charge in [-0.1, -0.05) is 0 Å². The SMILES string of the molecule is CC(C(=O)N1CCCC1)N1CCNCC1C#N. The van der Waals surface area contributed by atoms with Crippen LogP contribution in [0.25, 0.3) is 0 Å². The molecule has 2 atom stereocenters. The average molecular weight is 236 g/mol. The van der Waals surface area contributed by atoms with Gasteiger partial charge in [-0.05, 0) is 19.8 Å². The molecular weight excluding hydrogens is 216 g/mol. The number of carbonyl (C=O) groups excluding carboxylic acids is 1. The fourth-order valence-electron chi connectivity index (χ4n) is 2.65. The molecule has 1 amide bonds. The van der Waals surface area contributed by atoms with Gasteiger partial charge in [0, 0.05) is 32.7 Å². The highest BCUT2D eigenvalue weighted by Gasteiger charge is 2.33. The van der Waals surface area contributed by atoms with Crippen molar-refractivity contribution in [3.05, 3.63) is 0 Å². The Labute approximate surface area is 102 Å². The molecule has 2 aliphatic heterocycles. The van der Waals surface area contributed by atoms with Crippen molar-refractivity contribution < 1.29 is 4.79 Å². The summed E-state index contributed by atoms with van der Waals surface area (Å²) >= 11 is 0. The lowest BCUT2D eigenvalue weighted by molar-refractivity contribution is -0.136. The quantitative estimate of drug-likeness (QED) is 0.721. The third-order valence-corrected chi connectivity index (χ3v) is 3.71. The van der Waals surface area contributed by atoms with Gasteiger partial charge in [0.05, 0.1) is 12.1 Å². The summed E-state index contributed by atoms with van der Waals surface area (Å²) in [5.74, 6) is 0.185. The summed E-state index contributed by atoms with van der Waals surface area (Å²) in [4.78, 5) is 16.2.